The van der Waals surface area contributed by atoms with Crippen LogP contribution in [0.4, 0.5) is 0 Å². The zero-order chi connectivity index (χ0) is 12.9. The number of aromatic nitrogens is 2. The van der Waals surface area contributed by atoms with E-state index in [-0.39, 0.29) is 49.2 Å². The Morgan fingerprint density at radius 2 is 2.05 bits per heavy atom. The normalized spacial score (nSPS) is 14.4. The lowest BCUT2D eigenvalue weighted by Crippen LogP contribution is -2.21. The molecule has 1 fully saturated rings. The Bertz CT molecular complexity index is 698. The van der Waals surface area contributed by atoms with Gasteiger partial charge in [-0.2, -0.15) is 0 Å². The van der Waals surface area contributed by atoms with Crippen molar-refractivity contribution in [3.63, 3.8) is 0 Å². The summed E-state index contributed by atoms with van der Waals surface area (Å²) in [5.41, 5.74) is -0.0755. The maximum absolute atomic E-state index is 12.3. The van der Waals surface area contributed by atoms with Crippen molar-refractivity contribution in [1.82, 2.24) is 9.55 Å². The topological polar surface area (TPSA) is 55.1 Å². The predicted octanol–water partition coefficient (Wildman–Crippen LogP) is 3.40. The molecule has 0 spiro atoms. The zero-order valence-electron chi connectivity index (χ0n) is 9.77. The lowest BCUT2D eigenvalue weighted by Gasteiger charge is -2.08. The second-order valence-electron chi connectivity index (χ2n) is 4.56. The van der Waals surface area contributed by atoms with Gasteiger partial charge >= 0.3 is 0 Å². The summed E-state index contributed by atoms with van der Waals surface area (Å²) in [5, 5.41) is 10.3. The van der Waals surface area contributed by atoms with Gasteiger partial charge in [0.25, 0.3) is 5.56 Å². The Morgan fingerprint density at radius 3 is 2.68 bits per heavy atom. The quantitative estimate of drug-likeness (QED) is 0.887. The van der Waals surface area contributed by atoms with Gasteiger partial charge in [-0.05, 0) is 24.8 Å². The van der Waals surface area contributed by atoms with E-state index in [0.29, 0.717) is 12.5 Å². The van der Waals surface area contributed by atoms with E-state index < -0.39 is 0 Å². The Morgan fingerprint density at radius 1 is 1.37 bits per heavy atom. The Kier molecular flexibility index (Phi) is 4.08. The maximum atomic E-state index is 12.3. The first-order valence-electron chi connectivity index (χ1n) is 5.64. The van der Waals surface area contributed by atoms with Crippen LogP contribution in [0.1, 0.15) is 12.8 Å². The van der Waals surface area contributed by atoms with Gasteiger partial charge < -0.3 is 5.11 Å². The van der Waals surface area contributed by atoms with E-state index in [2.05, 4.69) is 4.98 Å². The molecule has 1 N–H and O–H groups in total. The molecule has 0 amide bonds. The number of phenols is 1. The second-order valence-corrected chi connectivity index (χ2v) is 5.37. The molecule has 1 aromatic heterocycles. The monoisotopic (exact) mass is 364 g/mol. The van der Waals surface area contributed by atoms with Crippen LogP contribution in [0.15, 0.2) is 17.2 Å². The summed E-state index contributed by atoms with van der Waals surface area (Å²) >= 11 is 11.8. The third-order valence-electron chi connectivity index (χ3n) is 3.13. The number of rotatable bonds is 2. The fourth-order valence-electron chi connectivity index (χ4n) is 1.96. The van der Waals surface area contributed by atoms with E-state index in [9.17, 15) is 9.90 Å². The predicted molar refractivity (Wildman–Crippen MR) is 80.7 cm³/mol. The summed E-state index contributed by atoms with van der Waals surface area (Å²) in [6.45, 7) is 0.654. The average Bonchev–Trinajstić information content (AvgIpc) is 3.12. The Balaban J connectivity index is 0.00000133. The summed E-state index contributed by atoms with van der Waals surface area (Å²) in [7, 11) is 0. The van der Waals surface area contributed by atoms with Crippen LogP contribution in [0, 0.1) is 5.92 Å². The molecule has 4 nitrogen and oxygen atoms in total. The molecule has 1 aliphatic rings. The first kappa shape index (κ1) is 14.6. The molecule has 0 radical (unpaired) electrons. The van der Waals surface area contributed by atoms with Gasteiger partial charge in [0.05, 0.1) is 21.8 Å². The first-order valence-corrected chi connectivity index (χ1v) is 6.39. The van der Waals surface area contributed by atoms with Crippen LogP contribution in [0.3, 0.4) is 0 Å². The molecule has 7 heteroatoms. The van der Waals surface area contributed by atoms with Crippen molar-refractivity contribution in [3.05, 3.63) is 32.8 Å². The highest BCUT2D eigenvalue weighted by Crippen LogP contribution is 2.35. The molecule has 0 unspecified atom stereocenters. The fourth-order valence-corrected chi connectivity index (χ4v) is 2.49. The summed E-state index contributed by atoms with van der Waals surface area (Å²) in [6.07, 6.45) is 3.73. The SMILES string of the molecule is Br.O=c1c2c(Cl)cc(Cl)c(O)c2ncn1CC1CC1. The van der Waals surface area contributed by atoms with Crippen LogP contribution in [-0.4, -0.2) is 14.7 Å². The maximum Gasteiger partial charge on any atom is 0.262 e. The average molecular weight is 366 g/mol. The zero-order valence-corrected chi connectivity index (χ0v) is 13.0. The highest BCUT2D eigenvalue weighted by atomic mass is 79.9. The largest absolute Gasteiger partial charge is 0.504 e. The molecule has 1 heterocycles. The van der Waals surface area contributed by atoms with E-state index >= 15 is 0 Å². The lowest BCUT2D eigenvalue weighted by atomic mass is 10.2. The molecule has 1 saturated carbocycles. The van der Waals surface area contributed by atoms with Gasteiger partial charge in [-0.15, -0.1) is 17.0 Å². The molecule has 0 aliphatic heterocycles. The van der Waals surface area contributed by atoms with Crippen molar-refractivity contribution in [3.8, 4) is 5.75 Å². The minimum absolute atomic E-state index is 0. The Hall–Kier alpha value is -0.780. The van der Waals surface area contributed by atoms with Gasteiger partial charge in [0, 0.05) is 6.54 Å². The highest BCUT2D eigenvalue weighted by Gasteiger charge is 2.23. The van der Waals surface area contributed by atoms with Crippen molar-refractivity contribution in [2.75, 3.05) is 0 Å². The summed E-state index contributed by atoms with van der Waals surface area (Å²) < 4.78 is 1.54. The van der Waals surface area contributed by atoms with Gasteiger partial charge in [-0.3, -0.25) is 9.36 Å². The molecule has 0 bridgehead atoms. The number of fused-ring (bicyclic) bond motifs is 1. The molecule has 3 rings (SSSR count). The number of phenolic OH excluding ortho intramolecular Hbond substituents is 1. The molecule has 102 valence electrons. The van der Waals surface area contributed by atoms with Crippen LogP contribution in [0.2, 0.25) is 10.0 Å². The van der Waals surface area contributed by atoms with Gasteiger partial charge in [0.1, 0.15) is 5.52 Å². The second kappa shape index (κ2) is 5.31. The van der Waals surface area contributed by atoms with Gasteiger partial charge in [-0.1, -0.05) is 23.2 Å². The third kappa shape index (κ3) is 2.59. The number of aromatic hydroxyl groups is 1. The molecule has 0 atom stereocenters. The van der Waals surface area contributed by atoms with E-state index in [1.807, 2.05) is 0 Å². The number of benzene rings is 1. The van der Waals surface area contributed by atoms with E-state index in [0.717, 1.165) is 12.8 Å². The van der Waals surface area contributed by atoms with E-state index in [1.54, 1.807) is 4.57 Å². The van der Waals surface area contributed by atoms with Crippen molar-refractivity contribution in [1.29, 1.82) is 0 Å². The van der Waals surface area contributed by atoms with Crippen molar-refractivity contribution in [2.24, 2.45) is 5.92 Å². The van der Waals surface area contributed by atoms with Crippen LogP contribution in [0.5, 0.6) is 5.75 Å². The van der Waals surface area contributed by atoms with Crippen molar-refractivity contribution >= 4 is 51.1 Å². The summed E-state index contributed by atoms with van der Waals surface area (Å²) in [5.74, 6) is 0.355. The minimum atomic E-state index is -0.233. The summed E-state index contributed by atoms with van der Waals surface area (Å²) in [6, 6.07) is 1.37. The van der Waals surface area contributed by atoms with Crippen molar-refractivity contribution in [2.45, 2.75) is 19.4 Å². The number of halogens is 3. The van der Waals surface area contributed by atoms with Gasteiger partial charge in [-0.25, -0.2) is 4.98 Å². The van der Waals surface area contributed by atoms with Crippen molar-refractivity contribution < 1.29 is 5.11 Å². The standard InChI is InChI=1S/C12H10Cl2N2O2.BrH/c13-7-3-8(14)11(17)10-9(7)12(18)16(5-15-10)4-6-1-2-6;/h3,5-6,17H,1-2,4H2;1H. The first-order chi connectivity index (χ1) is 8.58. The molecule has 1 aliphatic carbocycles. The highest BCUT2D eigenvalue weighted by molar-refractivity contribution is 8.93. The van der Waals surface area contributed by atoms with Gasteiger partial charge in [0.2, 0.25) is 0 Å². The third-order valence-corrected chi connectivity index (χ3v) is 3.72. The fraction of sp³-hybridized carbons (Fsp3) is 0.333. The minimum Gasteiger partial charge on any atom is -0.504 e. The van der Waals surface area contributed by atoms with Crippen LogP contribution in [-0.2, 0) is 6.54 Å². The molecule has 2 aromatic rings. The van der Waals surface area contributed by atoms with Gasteiger partial charge in [0.15, 0.2) is 5.75 Å². The molecule has 1 aromatic carbocycles. The number of hydrogen-bond donors (Lipinski definition) is 1. The summed E-state index contributed by atoms with van der Waals surface area (Å²) in [4.78, 5) is 16.3. The van der Waals surface area contributed by atoms with Crippen LogP contribution >= 0.6 is 40.2 Å². The van der Waals surface area contributed by atoms with Crippen LogP contribution < -0.4 is 5.56 Å². The molecule has 0 saturated heterocycles. The van der Waals surface area contributed by atoms with E-state index in [1.165, 1.54) is 12.4 Å². The number of hydrogen-bond acceptors (Lipinski definition) is 3. The van der Waals surface area contributed by atoms with E-state index in [4.69, 9.17) is 23.2 Å². The molecular weight excluding hydrogens is 355 g/mol. The van der Waals surface area contributed by atoms with Crippen LogP contribution in [0.25, 0.3) is 10.9 Å². The number of nitrogens with zero attached hydrogens (tertiary/aromatic N) is 2. The lowest BCUT2D eigenvalue weighted by molar-refractivity contribution is 0.480. The molecular formula is C12H11BrCl2N2O2. The molecule has 19 heavy (non-hydrogen) atoms. The smallest absolute Gasteiger partial charge is 0.262 e. The Labute approximate surface area is 129 Å².